The highest BCUT2D eigenvalue weighted by Crippen LogP contribution is 2.39. The molecule has 0 atom stereocenters. The van der Waals surface area contributed by atoms with Gasteiger partial charge in [-0.25, -0.2) is 8.78 Å². The minimum Gasteiger partial charge on any atom is -0.207 e. The summed E-state index contributed by atoms with van der Waals surface area (Å²) in [6.45, 7) is 2.38. The molecule has 0 amide bonds. The summed E-state index contributed by atoms with van der Waals surface area (Å²) >= 11 is 0. The smallest absolute Gasteiger partial charge is 0.207 e. The van der Waals surface area contributed by atoms with Gasteiger partial charge >= 0.3 is 6.18 Å². The minimum atomic E-state index is -4.71. The molecule has 2 aliphatic rings. The van der Waals surface area contributed by atoms with Crippen molar-refractivity contribution in [3.63, 3.8) is 0 Å². The Morgan fingerprint density at radius 1 is 0.703 bits per heavy atom. The van der Waals surface area contributed by atoms with E-state index in [1.54, 1.807) is 12.1 Å². The Hall–Kier alpha value is -1.91. The highest BCUT2D eigenvalue weighted by molar-refractivity contribution is 5.30. The average molecular weight is 521 g/mol. The third-order valence-electron chi connectivity index (χ3n) is 9.03. The number of aryl methyl sites for hydroxylation is 2. The quantitative estimate of drug-likeness (QED) is 0.228. The molecular formula is C32H41F5. The SMILES string of the molecule is CC1CCC(CCCCC2CCC(c3ccc(CCc4ccc(C(F)(F)F)c(F)c4)c(F)c3)CC2)CC1. The van der Waals surface area contributed by atoms with Crippen LogP contribution in [0.25, 0.3) is 0 Å². The first-order valence-corrected chi connectivity index (χ1v) is 14.3. The van der Waals surface area contributed by atoms with Crippen LogP contribution in [0.15, 0.2) is 36.4 Å². The molecule has 2 fully saturated rings. The predicted octanol–water partition coefficient (Wildman–Crippen LogP) is 10.4. The topological polar surface area (TPSA) is 0 Å². The van der Waals surface area contributed by atoms with Gasteiger partial charge in [-0.05, 0) is 97.1 Å². The van der Waals surface area contributed by atoms with Crippen molar-refractivity contribution in [3.8, 4) is 0 Å². The van der Waals surface area contributed by atoms with Gasteiger partial charge in [0, 0.05) is 0 Å². The maximum atomic E-state index is 14.8. The van der Waals surface area contributed by atoms with E-state index < -0.39 is 17.6 Å². The van der Waals surface area contributed by atoms with E-state index in [1.165, 1.54) is 70.3 Å². The van der Waals surface area contributed by atoms with Crippen LogP contribution < -0.4 is 0 Å². The molecule has 0 nitrogen and oxygen atoms in total. The zero-order valence-electron chi connectivity index (χ0n) is 22.1. The lowest BCUT2D eigenvalue weighted by molar-refractivity contribution is -0.140. The van der Waals surface area contributed by atoms with Gasteiger partial charge < -0.3 is 0 Å². The first kappa shape index (κ1) is 28.1. The van der Waals surface area contributed by atoms with Crippen molar-refractivity contribution in [2.75, 3.05) is 0 Å². The molecule has 0 saturated heterocycles. The van der Waals surface area contributed by atoms with E-state index >= 15 is 0 Å². The summed E-state index contributed by atoms with van der Waals surface area (Å²) < 4.78 is 66.9. The lowest BCUT2D eigenvalue weighted by Gasteiger charge is -2.29. The van der Waals surface area contributed by atoms with Crippen molar-refractivity contribution >= 4 is 0 Å². The lowest BCUT2D eigenvalue weighted by Crippen LogP contribution is -2.14. The van der Waals surface area contributed by atoms with Gasteiger partial charge in [-0.3, -0.25) is 0 Å². The number of halogens is 5. The molecule has 2 aliphatic carbocycles. The molecule has 2 aromatic carbocycles. The third kappa shape index (κ3) is 8.04. The maximum Gasteiger partial charge on any atom is 0.419 e. The van der Waals surface area contributed by atoms with E-state index in [0.717, 1.165) is 48.3 Å². The molecule has 0 aliphatic heterocycles. The first-order chi connectivity index (χ1) is 17.7. The van der Waals surface area contributed by atoms with Crippen LogP contribution in [0.5, 0.6) is 0 Å². The van der Waals surface area contributed by atoms with E-state index in [2.05, 4.69) is 6.92 Å². The second-order valence-electron chi connectivity index (χ2n) is 11.8. The Balaban J connectivity index is 1.19. The summed E-state index contributed by atoms with van der Waals surface area (Å²) in [5, 5.41) is 0. The van der Waals surface area contributed by atoms with Crippen molar-refractivity contribution in [2.45, 2.75) is 109 Å². The molecule has 204 valence electrons. The molecule has 0 spiro atoms. The zero-order chi connectivity index (χ0) is 26.4. The Morgan fingerprint density at radius 3 is 1.89 bits per heavy atom. The Morgan fingerprint density at radius 2 is 1.32 bits per heavy atom. The number of benzene rings is 2. The summed E-state index contributed by atoms with van der Waals surface area (Å²) in [6, 6.07) is 8.37. The van der Waals surface area contributed by atoms with Gasteiger partial charge in [-0.2, -0.15) is 13.2 Å². The second-order valence-corrected chi connectivity index (χ2v) is 11.8. The molecule has 2 saturated carbocycles. The molecule has 5 heteroatoms. The number of unbranched alkanes of at least 4 members (excludes halogenated alkanes) is 1. The average Bonchev–Trinajstić information content (AvgIpc) is 2.86. The molecule has 37 heavy (non-hydrogen) atoms. The second kappa shape index (κ2) is 12.8. The van der Waals surface area contributed by atoms with Crippen LogP contribution in [-0.2, 0) is 19.0 Å². The first-order valence-electron chi connectivity index (χ1n) is 14.3. The van der Waals surface area contributed by atoms with Crippen LogP contribution in [-0.4, -0.2) is 0 Å². The normalized spacial score (nSPS) is 24.8. The van der Waals surface area contributed by atoms with Crippen LogP contribution in [0.1, 0.15) is 112 Å². The lowest BCUT2D eigenvalue weighted by atomic mass is 9.76. The van der Waals surface area contributed by atoms with Crippen LogP contribution in [0, 0.1) is 29.4 Å². The maximum absolute atomic E-state index is 14.8. The highest BCUT2D eigenvalue weighted by atomic mass is 19.4. The fourth-order valence-corrected chi connectivity index (χ4v) is 6.51. The summed E-state index contributed by atoms with van der Waals surface area (Å²) in [7, 11) is 0. The molecule has 0 unspecified atom stereocenters. The van der Waals surface area contributed by atoms with Crippen molar-refractivity contribution in [1.82, 2.24) is 0 Å². The van der Waals surface area contributed by atoms with Crippen LogP contribution in [0.4, 0.5) is 22.0 Å². The van der Waals surface area contributed by atoms with E-state index in [4.69, 9.17) is 0 Å². The van der Waals surface area contributed by atoms with Crippen molar-refractivity contribution in [2.24, 2.45) is 17.8 Å². The van der Waals surface area contributed by atoms with Gasteiger partial charge in [0.15, 0.2) is 0 Å². The molecule has 0 aromatic heterocycles. The van der Waals surface area contributed by atoms with Crippen molar-refractivity contribution in [1.29, 1.82) is 0 Å². The predicted molar refractivity (Wildman–Crippen MR) is 139 cm³/mol. The number of rotatable bonds is 9. The Labute approximate surface area is 219 Å². The zero-order valence-corrected chi connectivity index (χ0v) is 22.1. The summed E-state index contributed by atoms with van der Waals surface area (Å²) in [4.78, 5) is 0. The fraction of sp³-hybridized carbons (Fsp3) is 0.625. The van der Waals surface area contributed by atoms with Gasteiger partial charge in [0.25, 0.3) is 0 Å². The van der Waals surface area contributed by atoms with Gasteiger partial charge in [0.1, 0.15) is 11.6 Å². The van der Waals surface area contributed by atoms with E-state index in [9.17, 15) is 22.0 Å². The molecule has 0 N–H and O–H groups in total. The monoisotopic (exact) mass is 520 g/mol. The fourth-order valence-electron chi connectivity index (χ4n) is 6.51. The summed E-state index contributed by atoms with van der Waals surface area (Å²) in [5.74, 6) is 1.53. The van der Waals surface area contributed by atoms with Crippen LogP contribution in [0.2, 0.25) is 0 Å². The molecule has 0 bridgehead atoms. The molecule has 0 radical (unpaired) electrons. The Kier molecular flexibility index (Phi) is 9.69. The molecule has 4 rings (SSSR count). The number of alkyl halides is 3. The van der Waals surface area contributed by atoms with Crippen molar-refractivity contribution in [3.05, 3.63) is 70.3 Å². The summed E-state index contributed by atoms with van der Waals surface area (Å²) in [5.41, 5.74) is 0.730. The van der Waals surface area contributed by atoms with E-state index in [-0.39, 0.29) is 12.2 Å². The molecule has 2 aromatic rings. The van der Waals surface area contributed by atoms with E-state index in [0.29, 0.717) is 23.5 Å². The van der Waals surface area contributed by atoms with Crippen LogP contribution in [0.3, 0.4) is 0 Å². The van der Waals surface area contributed by atoms with Gasteiger partial charge in [-0.15, -0.1) is 0 Å². The highest BCUT2D eigenvalue weighted by Gasteiger charge is 2.33. The minimum absolute atomic E-state index is 0.274. The number of hydrogen-bond donors (Lipinski definition) is 0. The standard InChI is InChI=1S/C32H41F5/c1-22-6-8-23(9-7-22)4-2-3-5-24-10-14-26(15-11-24)28-18-17-27(30(33)21-28)16-12-25-13-19-29(31(34)20-25)32(35,36)37/h13,17-24,26H,2-12,14-16H2,1H3. The summed E-state index contributed by atoms with van der Waals surface area (Å²) in [6.07, 6.45) is 11.7. The van der Waals surface area contributed by atoms with Gasteiger partial charge in [0.2, 0.25) is 0 Å². The van der Waals surface area contributed by atoms with Crippen LogP contribution >= 0.6 is 0 Å². The van der Waals surface area contributed by atoms with Crippen molar-refractivity contribution < 1.29 is 22.0 Å². The van der Waals surface area contributed by atoms with Gasteiger partial charge in [0.05, 0.1) is 5.56 Å². The number of hydrogen-bond acceptors (Lipinski definition) is 0. The van der Waals surface area contributed by atoms with E-state index in [1.807, 2.05) is 6.07 Å². The third-order valence-corrected chi connectivity index (χ3v) is 9.03. The largest absolute Gasteiger partial charge is 0.419 e. The molecule has 0 heterocycles. The Bertz CT molecular complexity index is 995. The van der Waals surface area contributed by atoms with Gasteiger partial charge in [-0.1, -0.05) is 76.5 Å². The molecular weight excluding hydrogens is 479 g/mol.